The van der Waals surface area contributed by atoms with E-state index in [0.717, 1.165) is 10.6 Å². The maximum absolute atomic E-state index is 11.9. The minimum absolute atomic E-state index is 0.177. The van der Waals surface area contributed by atoms with Gasteiger partial charge in [-0.05, 0) is 18.2 Å². The molecule has 0 bridgehead atoms. The predicted molar refractivity (Wildman–Crippen MR) is 74.0 cm³/mol. The Bertz CT molecular complexity index is 523. The highest BCUT2D eigenvalue weighted by Gasteiger charge is 2.10. The number of hydrogen-bond acceptors (Lipinski definition) is 3. The number of hydrogen-bond donors (Lipinski definition) is 2. The van der Waals surface area contributed by atoms with Crippen LogP contribution in [-0.2, 0) is 0 Å². The molecule has 18 heavy (non-hydrogen) atoms. The van der Waals surface area contributed by atoms with Crippen LogP contribution < -0.4 is 5.32 Å². The van der Waals surface area contributed by atoms with Crippen LogP contribution in [0.2, 0.25) is 0 Å². The summed E-state index contributed by atoms with van der Waals surface area (Å²) in [6, 6.07) is 9.43. The van der Waals surface area contributed by atoms with Crippen LogP contribution in [0.25, 0.3) is 0 Å². The summed E-state index contributed by atoms with van der Waals surface area (Å²) in [7, 11) is 0. The summed E-state index contributed by atoms with van der Waals surface area (Å²) >= 11 is 1.72. The molecule has 0 unspecified atom stereocenters. The van der Waals surface area contributed by atoms with Crippen LogP contribution in [0.15, 0.2) is 41.4 Å². The van der Waals surface area contributed by atoms with E-state index in [2.05, 4.69) is 29.4 Å². The topological polar surface area (TPSA) is 57.8 Å². The summed E-state index contributed by atoms with van der Waals surface area (Å²) < 4.78 is 0. The van der Waals surface area contributed by atoms with Crippen molar-refractivity contribution in [3.8, 4) is 0 Å². The van der Waals surface area contributed by atoms with E-state index < -0.39 is 0 Å². The van der Waals surface area contributed by atoms with E-state index in [4.69, 9.17) is 0 Å². The lowest BCUT2D eigenvalue weighted by molar-refractivity contribution is 0.102. The van der Waals surface area contributed by atoms with E-state index in [-0.39, 0.29) is 5.91 Å². The average Bonchev–Trinajstić information content (AvgIpc) is 2.84. The molecule has 5 heteroatoms. The third kappa shape index (κ3) is 3.13. The second-order valence-electron chi connectivity index (χ2n) is 4.09. The zero-order chi connectivity index (χ0) is 13.0. The Labute approximate surface area is 110 Å². The van der Waals surface area contributed by atoms with Crippen LogP contribution in [0.1, 0.15) is 24.3 Å². The number of carbonyl (C=O) groups is 1. The number of H-pyrrole nitrogens is 1. The van der Waals surface area contributed by atoms with Gasteiger partial charge in [0.25, 0.3) is 5.91 Å². The van der Waals surface area contributed by atoms with Crippen molar-refractivity contribution >= 4 is 23.4 Å². The highest BCUT2D eigenvalue weighted by atomic mass is 32.2. The molecule has 0 saturated heterocycles. The fourth-order valence-corrected chi connectivity index (χ4v) is 2.41. The maximum Gasteiger partial charge on any atom is 0.273 e. The van der Waals surface area contributed by atoms with Crippen LogP contribution >= 0.6 is 11.8 Å². The van der Waals surface area contributed by atoms with Crippen molar-refractivity contribution in [1.82, 2.24) is 10.2 Å². The minimum Gasteiger partial charge on any atom is -0.320 e. The standard InChI is InChI=1S/C13H15N3OS/c1-9(2)18-12-6-4-3-5-10(12)15-13(17)11-7-8-14-16-11/h3-9H,1-2H3,(H,14,16)(H,15,17). The number of thioether (sulfide) groups is 1. The smallest absolute Gasteiger partial charge is 0.273 e. The van der Waals surface area contributed by atoms with Crippen LogP contribution in [0.3, 0.4) is 0 Å². The largest absolute Gasteiger partial charge is 0.320 e. The Morgan fingerprint density at radius 2 is 2.11 bits per heavy atom. The number of nitrogens with zero attached hydrogens (tertiary/aromatic N) is 1. The molecule has 2 N–H and O–H groups in total. The Hall–Kier alpha value is -1.75. The van der Waals surface area contributed by atoms with Gasteiger partial charge in [-0.3, -0.25) is 9.89 Å². The number of benzene rings is 1. The van der Waals surface area contributed by atoms with E-state index in [0.29, 0.717) is 10.9 Å². The lowest BCUT2D eigenvalue weighted by Gasteiger charge is -2.11. The second-order valence-corrected chi connectivity index (χ2v) is 5.71. The number of aromatic amines is 1. The molecule has 0 aliphatic heterocycles. The quantitative estimate of drug-likeness (QED) is 0.831. The minimum atomic E-state index is -0.177. The molecule has 0 aliphatic rings. The molecule has 2 aromatic rings. The monoisotopic (exact) mass is 261 g/mol. The highest BCUT2D eigenvalue weighted by molar-refractivity contribution is 8.00. The summed E-state index contributed by atoms with van der Waals surface area (Å²) in [5, 5.41) is 9.77. The predicted octanol–water partition coefficient (Wildman–Crippen LogP) is 3.16. The lowest BCUT2D eigenvalue weighted by atomic mass is 10.3. The van der Waals surface area contributed by atoms with E-state index in [1.54, 1.807) is 24.0 Å². The van der Waals surface area contributed by atoms with Gasteiger partial charge in [-0.25, -0.2) is 0 Å². The maximum atomic E-state index is 11.9. The molecule has 0 atom stereocenters. The van der Waals surface area contributed by atoms with Gasteiger partial charge >= 0.3 is 0 Å². The zero-order valence-electron chi connectivity index (χ0n) is 10.3. The average molecular weight is 261 g/mol. The lowest BCUT2D eigenvalue weighted by Crippen LogP contribution is -2.13. The number of anilines is 1. The van der Waals surface area contributed by atoms with Crippen LogP contribution in [0.5, 0.6) is 0 Å². The van der Waals surface area contributed by atoms with Gasteiger partial charge in [0.05, 0.1) is 5.69 Å². The summed E-state index contributed by atoms with van der Waals surface area (Å²) in [5.41, 5.74) is 1.29. The zero-order valence-corrected chi connectivity index (χ0v) is 11.1. The SMILES string of the molecule is CC(C)Sc1ccccc1NC(=O)c1ccn[nH]1. The van der Waals surface area contributed by atoms with E-state index in [9.17, 15) is 4.79 Å². The molecule has 0 radical (unpaired) electrons. The Kier molecular flexibility index (Phi) is 4.04. The molecule has 0 saturated carbocycles. The molecule has 1 aromatic heterocycles. The van der Waals surface area contributed by atoms with Gasteiger partial charge in [0.1, 0.15) is 5.69 Å². The van der Waals surface area contributed by atoms with Crippen LogP contribution in [-0.4, -0.2) is 21.4 Å². The van der Waals surface area contributed by atoms with Gasteiger partial charge in [-0.2, -0.15) is 5.10 Å². The van der Waals surface area contributed by atoms with Gasteiger partial charge in [0, 0.05) is 16.3 Å². The van der Waals surface area contributed by atoms with Gasteiger partial charge in [0.2, 0.25) is 0 Å². The molecule has 0 spiro atoms. The van der Waals surface area contributed by atoms with Crippen LogP contribution in [0.4, 0.5) is 5.69 Å². The first-order valence-electron chi connectivity index (χ1n) is 5.73. The van der Waals surface area contributed by atoms with E-state index >= 15 is 0 Å². The molecule has 0 fully saturated rings. The summed E-state index contributed by atoms with van der Waals surface area (Å²) in [5.74, 6) is -0.177. The molecule has 2 rings (SSSR count). The van der Waals surface area contributed by atoms with Gasteiger partial charge in [0.15, 0.2) is 0 Å². The number of para-hydroxylation sites is 1. The Balaban J connectivity index is 2.16. The van der Waals surface area contributed by atoms with Crippen molar-refractivity contribution in [3.63, 3.8) is 0 Å². The fourth-order valence-electron chi connectivity index (χ4n) is 1.50. The van der Waals surface area contributed by atoms with Crippen molar-refractivity contribution in [1.29, 1.82) is 0 Å². The number of rotatable bonds is 4. The molecule has 0 aliphatic carbocycles. The number of amides is 1. The number of nitrogens with one attached hydrogen (secondary N) is 2. The van der Waals surface area contributed by atoms with Gasteiger partial charge in [-0.15, -0.1) is 11.8 Å². The second kappa shape index (κ2) is 5.73. The van der Waals surface area contributed by atoms with Crippen molar-refractivity contribution in [3.05, 3.63) is 42.2 Å². The number of carbonyl (C=O) groups excluding carboxylic acids is 1. The van der Waals surface area contributed by atoms with Gasteiger partial charge < -0.3 is 5.32 Å². The summed E-state index contributed by atoms with van der Waals surface area (Å²) in [4.78, 5) is 13.0. The van der Waals surface area contributed by atoms with Crippen molar-refractivity contribution in [2.75, 3.05) is 5.32 Å². The Morgan fingerprint density at radius 3 is 2.78 bits per heavy atom. The van der Waals surface area contributed by atoms with Gasteiger partial charge in [-0.1, -0.05) is 26.0 Å². The highest BCUT2D eigenvalue weighted by Crippen LogP contribution is 2.30. The molecular weight excluding hydrogens is 246 g/mol. The van der Waals surface area contributed by atoms with Crippen molar-refractivity contribution in [2.24, 2.45) is 0 Å². The normalized spacial score (nSPS) is 10.6. The molecular formula is C13H15N3OS. The first-order valence-corrected chi connectivity index (χ1v) is 6.61. The molecule has 4 nitrogen and oxygen atoms in total. The Morgan fingerprint density at radius 1 is 1.33 bits per heavy atom. The first kappa shape index (κ1) is 12.7. The van der Waals surface area contributed by atoms with E-state index in [1.165, 1.54) is 0 Å². The molecule has 1 aromatic carbocycles. The van der Waals surface area contributed by atoms with E-state index in [1.807, 2.05) is 24.3 Å². The molecule has 94 valence electrons. The summed E-state index contributed by atoms with van der Waals surface area (Å²) in [6.07, 6.45) is 1.56. The molecule has 1 amide bonds. The molecule has 1 heterocycles. The van der Waals surface area contributed by atoms with Crippen molar-refractivity contribution in [2.45, 2.75) is 24.0 Å². The van der Waals surface area contributed by atoms with Crippen molar-refractivity contribution < 1.29 is 4.79 Å². The summed E-state index contributed by atoms with van der Waals surface area (Å²) in [6.45, 7) is 4.25. The first-order chi connectivity index (χ1) is 8.66. The van der Waals surface area contributed by atoms with Crippen LogP contribution in [0, 0.1) is 0 Å². The third-order valence-corrected chi connectivity index (χ3v) is 3.32. The fraction of sp³-hybridized carbons (Fsp3) is 0.231. The number of aromatic nitrogens is 2. The third-order valence-electron chi connectivity index (χ3n) is 2.24.